The Morgan fingerprint density at radius 3 is 2.45 bits per heavy atom. The van der Waals surface area contributed by atoms with E-state index < -0.39 is 20.0 Å². The van der Waals surface area contributed by atoms with Gasteiger partial charge in [-0.2, -0.15) is 0 Å². The third-order valence-electron chi connectivity index (χ3n) is 6.14. The molecule has 0 saturated carbocycles. The maximum Gasteiger partial charge on any atom is 0.192 e. The third-order valence-corrected chi connectivity index (χ3v) is 12.5. The van der Waals surface area contributed by atoms with Gasteiger partial charge in [0.1, 0.15) is 11.3 Å². The van der Waals surface area contributed by atoms with Crippen LogP contribution < -0.4 is 4.90 Å². The second-order valence-electron chi connectivity index (χ2n) is 9.15. The molecule has 0 spiro atoms. The zero-order valence-electron chi connectivity index (χ0n) is 18.6. The summed E-state index contributed by atoms with van der Waals surface area (Å²) in [4.78, 5) is 10.5. The number of fused-ring (bicyclic) bond motifs is 1. The average molecular weight is 555 g/mol. The SMILES string of the molecule is CSc1nc(N(C)C2COCC2O[Si](C)(C)C(C)(C)C)c2c(F)c(Cl)c(Br)c(F)c2n1. The number of aromatic nitrogens is 2. The monoisotopic (exact) mass is 553 g/mol. The van der Waals surface area contributed by atoms with Gasteiger partial charge in [-0.1, -0.05) is 44.1 Å². The highest BCUT2D eigenvalue weighted by atomic mass is 79.9. The van der Waals surface area contributed by atoms with Gasteiger partial charge in [0.15, 0.2) is 25.1 Å². The van der Waals surface area contributed by atoms with Gasteiger partial charge in [0, 0.05) is 7.05 Å². The lowest BCUT2D eigenvalue weighted by molar-refractivity contribution is 0.130. The Kier molecular flexibility index (Phi) is 7.31. The number of likely N-dealkylation sites (N-methyl/N-ethyl adjacent to an activating group) is 1. The molecular weight excluding hydrogens is 528 g/mol. The van der Waals surface area contributed by atoms with Gasteiger partial charge in [0.2, 0.25) is 0 Å². The van der Waals surface area contributed by atoms with E-state index in [-0.39, 0.29) is 43.4 Å². The van der Waals surface area contributed by atoms with Gasteiger partial charge in [-0.25, -0.2) is 18.7 Å². The predicted molar refractivity (Wildman–Crippen MR) is 129 cm³/mol. The molecule has 1 fully saturated rings. The van der Waals surface area contributed by atoms with Crippen molar-refractivity contribution in [3.8, 4) is 0 Å². The zero-order valence-corrected chi connectivity index (χ0v) is 22.8. The first-order valence-electron chi connectivity index (χ1n) is 9.86. The van der Waals surface area contributed by atoms with E-state index in [4.69, 9.17) is 20.8 Å². The van der Waals surface area contributed by atoms with E-state index >= 15 is 4.39 Å². The second kappa shape index (κ2) is 9.02. The first kappa shape index (κ1) is 25.1. The molecule has 1 aliphatic heterocycles. The first-order valence-corrected chi connectivity index (χ1v) is 15.2. The molecule has 0 bridgehead atoms. The minimum absolute atomic E-state index is 0.0292. The minimum atomic E-state index is -2.07. The van der Waals surface area contributed by atoms with Crippen LogP contribution in [0.25, 0.3) is 10.9 Å². The molecule has 2 unspecified atom stereocenters. The number of thioether (sulfide) groups is 1. The highest BCUT2D eigenvalue weighted by Crippen LogP contribution is 2.41. The molecular formula is C20H27BrClF2N3O2SSi. The molecule has 3 rings (SSSR count). The molecule has 11 heteroatoms. The van der Waals surface area contributed by atoms with Crippen molar-refractivity contribution in [2.45, 2.75) is 56.2 Å². The van der Waals surface area contributed by atoms with Crippen molar-refractivity contribution >= 4 is 64.3 Å². The van der Waals surface area contributed by atoms with Crippen molar-refractivity contribution in [3.63, 3.8) is 0 Å². The van der Waals surface area contributed by atoms with Crippen molar-refractivity contribution in [1.29, 1.82) is 0 Å². The molecule has 2 atom stereocenters. The van der Waals surface area contributed by atoms with E-state index in [1.54, 1.807) is 18.2 Å². The normalized spacial score (nSPS) is 20.0. The lowest BCUT2D eigenvalue weighted by Crippen LogP contribution is -2.50. The second-order valence-corrected chi connectivity index (χ2v) is 15.8. The van der Waals surface area contributed by atoms with Gasteiger partial charge in [0.25, 0.3) is 0 Å². The lowest BCUT2D eigenvalue weighted by Gasteiger charge is -2.40. The summed E-state index contributed by atoms with van der Waals surface area (Å²) in [5.74, 6) is -1.22. The van der Waals surface area contributed by atoms with E-state index in [1.807, 2.05) is 0 Å². The summed E-state index contributed by atoms with van der Waals surface area (Å²) in [6, 6.07) is -0.216. The smallest absolute Gasteiger partial charge is 0.192 e. The fourth-order valence-corrected chi connectivity index (χ4v) is 5.49. The molecule has 1 aliphatic rings. The predicted octanol–water partition coefficient (Wildman–Crippen LogP) is 6.27. The van der Waals surface area contributed by atoms with Crippen LogP contribution in [0.4, 0.5) is 14.6 Å². The number of benzene rings is 1. The van der Waals surface area contributed by atoms with Crippen LogP contribution in [-0.2, 0) is 9.16 Å². The molecule has 0 aliphatic carbocycles. The van der Waals surface area contributed by atoms with Crippen LogP contribution in [0.3, 0.4) is 0 Å². The maximum atomic E-state index is 15.2. The van der Waals surface area contributed by atoms with E-state index in [1.165, 1.54) is 11.8 Å². The van der Waals surface area contributed by atoms with Crippen LogP contribution in [-0.4, -0.2) is 56.9 Å². The standard InChI is InChI=1S/C20H27BrClF2N3O2SSi/c1-20(2,3)31(6,7)29-11-9-28-8-10(11)27(4)18-12-15(23)14(22)13(21)16(24)17(12)25-19(26-18)30-5/h10-11H,8-9H2,1-7H3. The van der Waals surface area contributed by atoms with Crippen molar-refractivity contribution in [1.82, 2.24) is 9.97 Å². The maximum absolute atomic E-state index is 15.2. The average Bonchev–Trinajstić information content (AvgIpc) is 3.15. The van der Waals surface area contributed by atoms with Crippen LogP contribution >= 0.6 is 39.3 Å². The van der Waals surface area contributed by atoms with Gasteiger partial charge < -0.3 is 14.1 Å². The summed E-state index contributed by atoms with van der Waals surface area (Å²) < 4.78 is 42.4. The molecule has 1 aromatic heterocycles. The Morgan fingerprint density at radius 1 is 1.23 bits per heavy atom. The molecule has 172 valence electrons. The molecule has 2 aromatic rings. The molecule has 0 N–H and O–H groups in total. The number of nitrogens with zero attached hydrogens (tertiary/aromatic N) is 3. The van der Waals surface area contributed by atoms with Crippen molar-refractivity contribution in [3.05, 3.63) is 21.1 Å². The summed E-state index contributed by atoms with van der Waals surface area (Å²) in [5.41, 5.74) is -0.115. The van der Waals surface area contributed by atoms with Crippen LogP contribution in [0.5, 0.6) is 0 Å². The number of ether oxygens (including phenoxy) is 1. The van der Waals surface area contributed by atoms with E-state index in [0.717, 1.165) is 0 Å². The lowest BCUT2D eigenvalue weighted by atomic mass is 10.1. The molecule has 0 radical (unpaired) electrons. The Hall–Kier alpha value is -0.523. The van der Waals surface area contributed by atoms with Gasteiger partial charge in [-0.15, -0.1) is 0 Å². The molecule has 2 heterocycles. The summed E-state index contributed by atoms with van der Waals surface area (Å²) in [5, 5.41) is -0.0231. The topological polar surface area (TPSA) is 47.5 Å². The van der Waals surface area contributed by atoms with E-state index in [2.05, 4.69) is 59.8 Å². The Labute approximate surface area is 200 Å². The molecule has 5 nitrogen and oxygen atoms in total. The van der Waals surface area contributed by atoms with Crippen molar-refractivity contribution in [2.24, 2.45) is 0 Å². The van der Waals surface area contributed by atoms with Crippen LogP contribution in [0.15, 0.2) is 9.63 Å². The fourth-order valence-electron chi connectivity index (χ4n) is 3.25. The Bertz CT molecular complexity index is 1010. The summed E-state index contributed by atoms with van der Waals surface area (Å²) in [6.45, 7) is 11.7. The largest absolute Gasteiger partial charge is 0.409 e. The highest BCUT2D eigenvalue weighted by molar-refractivity contribution is 9.10. The summed E-state index contributed by atoms with van der Waals surface area (Å²) >= 11 is 10.3. The zero-order chi connectivity index (χ0) is 23.3. The number of rotatable bonds is 5. The molecule has 1 aromatic carbocycles. The van der Waals surface area contributed by atoms with Crippen LogP contribution in [0.1, 0.15) is 20.8 Å². The van der Waals surface area contributed by atoms with Gasteiger partial charge in [0.05, 0.1) is 40.2 Å². The Morgan fingerprint density at radius 2 is 1.87 bits per heavy atom. The van der Waals surface area contributed by atoms with Crippen molar-refractivity contribution < 1.29 is 17.9 Å². The van der Waals surface area contributed by atoms with Crippen LogP contribution in [0, 0.1) is 11.6 Å². The fraction of sp³-hybridized carbons (Fsp3) is 0.600. The summed E-state index contributed by atoms with van der Waals surface area (Å²) in [6.07, 6.45) is 1.57. The highest BCUT2D eigenvalue weighted by Gasteiger charge is 2.44. The molecule has 31 heavy (non-hydrogen) atoms. The van der Waals surface area contributed by atoms with E-state index in [0.29, 0.717) is 18.4 Å². The number of halogens is 4. The summed E-state index contributed by atoms with van der Waals surface area (Å²) in [7, 11) is -0.279. The molecule has 1 saturated heterocycles. The molecule has 0 amide bonds. The first-order chi connectivity index (χ1) is 14.3. The van der Waals surface area contributed by atoms with Gasteiger partial charge in [-0.05, 0) is 40.3 Å². The van der Waals surface area contributed by atoms with Crippen molar-refractivity contribution in [2.75, 3.05) is 31.4 Å². The van der Waals surface area contributed by atoms with Gasteiger partial charge in [-0.3, -0.25) is 0 Å². The van der Waals surface area contributed by atoms with Crippen LogP contribution in [0.2, 0.25) is 23.2 Å². The number of hydrogen-bond acceptors (Lipinski definition) is 6. The Balaban J connectivity index is 2.10. The quantitative estimate of drug-likeness (QED) is 0.143. The van der Waals surface area contributed by atoms with E-state index in [9.17, 15) is 4.39 Å². The minimum Gasteiger partial charge on any atom is -0.409 e. The number of hydrogen-bond donors (Lipinski definition) is 0. The third kappa shape index (κ3) is 4.61. The number of anilines is 1. The van der Waals surface area contributed by atoms with Gasteiger partial charge >= 0.3 is 0 Å².